The number of halogens is 3. The van der Waals surface area contributed by atoms with Gasteiger partial charge in [-0.05, 0) is 51.3 Å². The summed E-state index contributed by atoms with van der Waals surface area (Å²) in [5.74, 6) is 0.916. The molecule has 1 aliphatic rings. The van der Waals surface area contributed by atoms with Gasteiger partial charge in [-0.25, -0.2) is 0 Å². The number of benzene rings is 2. The Hall–Kier alpha value is -0.550. The van der Waals surface area contributed by atoms with Crippen LogP contribution in [0.3, 0.4) is 0 Å². The molecule has 1 unspecified atom stereocenters. The lowest BCUT2D eigenvalue weighted by Crippen LogP contribution is -2.13. The maximum Gasteiger partial charge on any atom is 0.127 e. The minimum absolute atomic E-state index is 0.259. The van der Waals surface area contributed by atoms with Crippen molar-refractivity contribution in [3.05, 3.63) is 61.0 Å². The first-order valence-corrected chi connectivity index (χ1v) is 8.18. The molecule has 104 valence electrons. The van der Waals surface area contributed by atoms with Crippen LogP contribution in [0.5, 0.6) is 5.75 Å². The van der Waals surface area contributed by atoms with Gasteiger partial charge in [-0.3, -0.25) is 0 Å². The number of rotatable bonds is 2. The third-order valence-corrected chi connectivity index (χ3v) is 5.11. The summed E-state index contributed by atoms with van der Waals surface area (Å²) in [6.45, 7) is 0.715. The van der Waals surface area contributed by atoms with Crippen LogP contribution in [0.15, 0.2) is 39.3 Å². The maximum absolute atomic E-state index is 6.40. The van der Waals surface area contributed by atoms with Crippen LogP contribution in [0.2, 0.25) is 5.02 Å². The fourth-order valence-electron chi connectivity index (χ4n) is 2.41. The van der Waals surface area contributed by atoms with Crippen molar-refractivity contribution in [2.24, 2.45) is 5.73 Å². The van der Waals surface area contributed by atoms with E-state index in [1.807, 2.05) is 24.3 Å². The molecule has 0 aliphatic carbocycles. The van der Waals surface area contributed by atoms with Crippen molar-refractivity contribution in [3.8, 4) is 5.75 Å². The van der Waals surface area contributed by atoms with Crippen LogP contribution in [0.25, 0.3) is 0 Å². The summed E-state index contributed by atoms with van der Waals surface area (Å²) >= 11 is 13.1. The molecule has 5 heteroatoms. The second-order valence-electron chi connectivity index (χ2n) is 4.73. The first kappa shape index (κ1) is 14.4. The Morgan fingerprint density at radius 1 is 1.20 bits per heavy atom. The van der Waals surface area contributed by atoms with Gasteiger partial charge in [0.25, 0.3) is 0 Å². The van der Waals surface area contributed by atoms with E-state index >= 15 is 0 Å². The van der Waals surface area contributed by atoms with Crippen LogP contribution < -0.4 is 10.5 Å². The van der Waals surface area contributed by atoms with Crippen molar-refractivity contribution in [3.63, 3.8) is 0 Å². The lowest BCUT2D eigenvalue weighted by molar-refractivity contribution is 0.352. The zero-order chi connectivity index (χ0) is 14.3. The highest BCUT2D eigenvalue weighted by molar-refractivity contribution is 9.10. The minimum atomic E-state index is -0.259. The Labute approximate surface area is 139 Å². The van der Waals surface area contributed by atoms with Gasteiger partial charge in [-0.15, -0.1) is 0 Å². The van der Waals surface area contributed by atoms with Gasteiger partial charge < -0.3 is 10.5 Å². The van der Waals surface area contributed by atoms with Crippen LogP contribution in [0.4, 0.5) is 0 Å². The highest BCUT2D eigenvalue weighted by atomic mass is 79.9. The molecule has 0 amide bonds. The summed E-state index contributed by atoms with van der Waals surface area (Å²) < 4.78 is 7.63. The molecule has 20 heavy (non-hydrogen) atoms. The van der Waals surface area contributed by atoms with E-state index in [0.29, 0.717) is 11.6 Å². The first-order chi connectivity index (χ1) is 9.56. The average Bonchev–Trinajstić information content (AvgIpc) is 2.88. The molecule has 2 N–H and O–H groups in total. The normalized spacial score (nSPS) is 14.8. The second-order valence-corrected chi connectivity index (χ2v) is 6.91. The summed E-state index contributed by atoms with van der Waals surface area (Å²) in [5, 5.41) is 0.658. The Balaban J connectivity index is 2.06. The van der Waals surface area contributed by atoms with Crippen molar-refractivity contribution in [1.29, 1.82) is 0 Å². The molecule has 1 heterocycles. The minimum Gasteiger partial charge on any atom is -0.493 e. The number of ether oxygens (including phenoxy) is 1. The van der Waals surface area contributed by atoms with E-state index < -0.39 is 0 Å². The quantitative estimate of drug-likeness (QED) is 0.758. The van der Waals surface area contributed by atoms with E-state index in [9.17, 15) is 0 Å². The van der Waals surface area contributed by atoms with E-state index in [1.165, 1.54) is 5.56 Å². The summed E-state index contributed by atoms with van der Waals surface area (Å²) in [6, 6.07) is 9.63. The molecule has 0 radical (unpaired) electrons. The Bertz CT molecular complexity index is 675. The van der Waals surface area contributed by atoms with E-state index in [4.69, 9.17) is 22.1 Å². The second kappa shape index (κ2) is 5.68. The molecule has 0 aromatic heterocycles. The highest BCUT2D eigenvalue weighted by Crippen LogP contribution is 2.38. The Morgan fingerprint density at radius 2 is 2.00 bits per heavy atom. The van der Waals surface area contributed by atoms with Gasteiger partial charge in [-0.2, -0.15) is 0 Å². The molecule has 1 aliphatic heterocycles. The standard InChI is InChI=1S/C15H12Br2ClNO/c16-10-5-9-3-4-20-15(9)11(7-10)14(19)8-1-2-12(17)13(18)6-8/h1-2,5-7,14H,3-4,19H2. The molecule has 0 spiro atoms. The van der Waals surface area contributed by atoms with Crippen molar-refractivity contribution >= 4 is 43.5 Å². The van der Waals surface area contributed by atoms with Crippen LogP contribution in [0, 0.1) is 0 Å². The zero-order valence-corrected chi connectivity index (χ0v) is 14.4. The lowest BCUT2D eigenvalue weighted by Gasteiger charge is -2.17. The molecule has 2 aromatic carbocycles. The fourth-order valence-corrected chi connectivity index (χ4v) is 3.37. The maximum atomic E-state index is 6.40. The molecule has 1 atom stereocenters. The van der Waals surface area contributed by atoms with Crippen molar-refractivity contribution in [1.82, 2.24) is 0 Å². The van der Waals surface area contributed by atoms with Gasteiger partial charge in [0.15, 0.2) is 0 Å². The third-order valence-electron chi connectivity index (χ3n) is 3.41. The summed E-state index contributed by atoms with van der Waals surface area (Å²) in [7, 11) is 0. The monoisotopic (exact) mass is 415 g/mol. The zero-order valence-electron chi connectivity index (χ0n) is 10.5. The lowest BCUT2D eigenvalue weighted by atomic mass is 9.96. The smallest absolute Gasteiger partial charge is 0.127 e. The number of nitrogens with two attached hydrogens (primary N) is 1. The molecule has 0 saturated carbocycles. The Morgan fingerprint density at radius 3 is 2.75 bits per heavy atom. The van der Waals surface area contributed by atoms with E-state index in [1.54, 1.807) is 0 Å². The molecular weight excluding hydrogens is 405 g/mol. The van der Waals surface area contributed by atoms with Gasteiger partial charge in [0.1, 0.15) is 5.75 Å². The number of fused-ring (bicyclic) bond motifs is 1. The summed E-state index contributed by atoms with van der Waals surface area (Å²) in [5.41, 5.74) is 9.56. The van der Waals surface area contributed by atoms with Gasteiger partial charge in [0.2, 0.25) is 0 Å². The predicted octanol–water partition coefficient (Wildman–Crippen LogP) is 4.85. The number of hydrogen-bond donors (Lipinski definition) is 1. The van der Waals surface area contributed by atoms with E-state index in [-0.39, 0.29) is 6.04 Å². The third kappa shape index (κ3) is 2.62. The van der Waals surface area contributed by atoms with Crippen LogP contribution in [-0.2, 0) is 6.42 Å². The molecule has 2 nitrogen and oxygen atoms in total. The summed E-state index contributed by atoms with van der Waals surface area (Å²) in [6.07, 6.45) is 0.926. The van der Waals surface area contributed by atoms with Gasteiger partial charge >= 0.3 is 0 Å². The molecule has 0 bridgehead atoms. The average molecular weight is 418 g/mol. The molecule has 3 rings (SSSR count). The van der Waals surface area contributed by atoms with E-state index in [2.05, 4.69) is 37.9 Å². The fraction of sp³-hybridized carbons (Fsp3) is 0.200. The van der Waals surface area contributed by atoms with Crippen LogP contribution in [-0.4, -0.2) is 6.61 Å². The van der Waals surface area contributed by atoms with Crippen molar-refractivity contribution in [2.45, 2.75) is 12.5 Å². The Kier molecular flexibility index (Phi) is 4.09. The van der Waals surface area contributed by atoms with E-state index in [0.717, 1.165) is 32.2 Å². The predicted molar refractivity (Wildman–Crippen MR) is 88.5 cm³/mol. The van der Waals surface area contributed by atoms with Crippen LogP contribution >= 0.6 is 43.5 Å². The van der Waals surface area contributed by atoms with Gasteiger partial charge in [0.05, 0.1) is 17.7 Å². The highest BCUT2D eigenvalue weighted by Gasteiger charge is 2.22. The molecule has 0 saturated heterocycles. The topological polar surface area (TPSA) is 35.2 Å². The summed E-state index contributed by atoms with van der Waals surface area (Å²) in [4.78, 5) is 0. The first-order valence-electron chi connectivity index (χ1n) is 6.22. The molecule has 0 fully saturated rings. The largest absolute Gasteiger partial charge is 0.493 e. The SMILES string of the molecule is NC(c1ccc(Br)c(Cl)c1)c1cc(Br)cc2c1OCC2. The van der Waals surface area contributed by atoms with Crippen molar-refractivity contribution < 1.29 is 4.74 Å². The molecule has 2 aromatic rings. The number of hydrogen-bond acceptors (Lipinski definition) is 2. The van der Waals surface area contributed by atoms with Gasteiger partial charge in [0, 0.05) is 20.9 Å². The van der Waals surface area contributed by atoms with Crippen molar-refractivity contribution in [2.75, 3.05) is 6.61 Å². The van der Waals surface area contributed by atoms with Gasteiger partial charge in [-0.1, -0.05) is 33.6 Å². The van der Waals surface area contributed by atoms with Crippen LogP contribution in [0.1, 0.15) is 22.7 Å². The molecular formula is C15H12Br2ClNO.